The lowest BCUT2D eigenvalue weighted by Gasteiger charge is -2.17. The van der Waals surface area contributed by atoms with E-state index in [1.165, 1.54) is 11.1 Å². The van der Waals surface area contributed by atoms with Crippen LogP contribution in [-0.2, 0) is 4.79 Å². The Labute approximate surface area is 103 Å². The highest BCUT2D eigenvalue weighted by Gasteiger charge is 2.23. The second-order valence-electron chi connectivity index (χ2n) is 4.83. The number of amides is 1. The molecule has 1 aromatic carbocycles. The highest BCUT2D eigenvalue weighted by Crippen LogP contribution is 2.15. The van der Waals surface area contributed by atoms with Crippen molar-refractivity contribution in [3.8, 4) is 0 Å². The van der Waals surface area contributed by atoms with Crippen molar-refractivity contribution in [3.05, 3.63) is 35.4 Å². The fraction of sp³-hybridized carbons (Fsp3) is 0.500. The quantitative estimate of drug-likeness (QED) is 0.834. The van der Waals surface area contributed by atoms with Gasteiger partial charge in [-0.3, -0.25) is 4.79 Å². The minimum atomic E-state index is 0.0861. The van der Waals surface area contributed by atoms with Crippen LogP contribution in [0.3, 0.4) is 0 Å². The molecule has 0 aromatic heterocycles. The summed E-state index contributed by atoms with van der Waals surface area (Å²) in [6, 6.07) is 8.37. The molecule has 92 valence electrons. The SMILES string of the molecule is Cc1cccc([C@@H](C)NC(=O)C2CCNC2)c1. The highest BCUT2D eigenvalue weighted by atomic mass is 16.2. The summed E-state index contributed by atoms with van der Waals surface area (Å²) >= 11 is 0. The number of nitrogens with one attached hydrogen (secondary N) is 2. The molecule has 1 aliphatic heterocycles. The van der Waals surface area contributed by atoms with Gasteiger partial charge >= 0.3 is 0 Å². The maximum atomic E-state index is 12.0. The van der Waals surface area contributed by atoms with Gasteiger partial charge < -0.3 is 10.6 Å². The molecule has 2 rings (SSSR count). The van der Waals surface area contributed by atoms with Crippen molar-refractivity contribution in [1.82, 2.24) is 10.6 Å². The smallest absolute Gasteiger partial charge is 0.224 e. The Bertz CT molecular complexity index is 397. The molecule has 1 amide bonds. The van der Waals surface area contributed by atoms with Crippen LogP contribution in [0.1, 0.15) is 30.5 Å². The number of carbonyl (C=O) groups is 1. The van der Waals surface area contributed by atoms with Crippen LogP contribution >= 0.6 is 0 Å². The zero-order valence-electron chi connectivity index (χ0n) is 10.5. The van der Waals surface area contributed by atoms with Gasteiger partial charge in [-0.25, -0.2) is 0 Å². The summed E-state index contributed by atoms with van der Waals surface area (Å²) in [5, 5.41) is 6.30. The summed E-state index contributed by atoms with van der Waals surface area (Å²) < 4.78 is 0. The molecule has 1 saturated heterocycles. The number of rotatable bonds is 3. The van der Waals surface area contributed by atoms with Crippen LogP contribution in [-0.4, -0.2) is 19.0 Å². The zero-order chi connectivity index (χ0) is 12.3. The van der Waals surface area contributed by atoms with Gasteiger partial charge in [-0.2, -0.15) is 0 Å². The van der Waals surface area contributed by atoms with Crippen LogP contribution in [0.5, 0.6) is 0 Å². The number of hydrogen-bond acceptors (Lipinski definition) is 2. The van der Waals surface area contributed by atoms with E-state index in [1.807, 2.05) is 13.0 Å². The first-order valence-corrected chi connectivity index (χ1v) is 6.24. The van der Waals surface area contributed by atoms with Crippen molar-refractivity contribution in [2.75, 3.05) is 13.1 Å². The molecule has 3 nitrogen and oxygen atoms in total. The first-order chi connectivity index (χ1) is 8.16. The van der Waals surface area contributed by atoms with Gasteiger partial charge in [0.2, 0.25) is 5.91 Å². The molecule has 1 unspecified atom stereocenters. The standard InChI is InChI=1S/C14H20N2O/c1-10-4-3-5-12(8-10)11(2)16-14(17)13-6-7-15-9-13/h3-5,8,11,13,15H,6-7,9H2,1-2H3,(H,16,17)/t11-,13?/m1/s1. The van der Waals surface area contributed by atoms with E-state index in [1.54, 1.807) is 0 Å². The molecule has 1 heterocycles. The fourth-order valence-electron chi connectivity index (χ4n) is 2.23. The molecule has 0 bridgehead atoms. The number of aryl methyl sites for hydroxylation is 1. The Morgan fingerprint density at radius 3 is 3.00 bits per heavy atom. The fourth-order valence-corrected chi connectivity index (χ4v) is 2.23. The highest BCUT2D eigenvalue weighted by molar-refractivity contribution is 5.79. The number of hydrogen-bond donors (Lipinski definition) is 2. The second kappa shape index (κ2) is 5.32. The first kappa shape index (κ1) is 12.1. The molecule has 0 aliphatic carbocycles. The monoisotopic (exact) mass is 232 g/mol. The predicted octanol–water partition coefficient (Wildman–Crippen LogP) is 1.78. The molecule has 2 atom stereocenters. The van der Waals surface area contributed by atoms with Crippen LogP contribution in [0.4, 0.5) is 0 Å². The van der Waals surface area contributed by atoms with Crippen LogP contribution in [0.25, 0.3) is 0 Å². The van der Waals surface area contributed by atoms with Gasteiger partial charge in [0.05, 0.1) is 12.0 Å². The van der Waals surface area contributed by atoms with Crippen molar-refractivity contribution in [1.29, 1.82) is 0 Å². The molecule has 0 radical (unpaired) electrons. The lowest BCUT2D eigenvalue weighted by atomic mass is 10.0. The van der Waals surface area contributed by atoms with Crippen molar-refractivity contribution >= 4 is 5.91 Å². The third-order valence-electron chi connectivity index (χ3n) is 3.33. The lowest BCUT2D eigenvalue weighted by molar-refractivity contribution is -0.125. The van der Waals surface area contributed by atoms with Crippen LogP contribution in [0.15, 0.2) is 24.3 Å². The average Bonchev–Trinajstić information content (AvgIpc) is 2.82. The molecule has 0 spiro atoms. The second-order valence-corrected chi connectivity index (χ2v) is 4.83. The predicted molar refractivity (Wildman–Crippen MR) is 68.7 cm³/mol. The Balaban J connectivity index is 1.96. The molecule has 3 heteroatoms. The third-order valence-corrected chi connectivity index (χ3v) is 3.33. The first-order valence-electron chi connectivity index (χ1n) is 6.24. The van der Waals surface area contributed by atoms with Crippen molar-refractivity contribution in [2.45, 2.75) is 26.3 Å². The van der Waals surface area contributed by atoms with E-state index < -0.39 is 0 Å². The van der Waals surface area contributed by atoms with Gasteiger partial charge in [0, 0.05) is 6.54 Å². The minimum absolute atomic E-state index is 0.0861. The summed E-state index contributed by atoms with van der Waals surface area (Å²) in [5.41, 5.74) is 2.40. The maximum absolute atomic E-state index is 12.0. The van der Waals surface area contributed by atoms with Crippen molar-refractivity contribution in [3.63, 3.8) is 0 Å². The van der Waals surface area contributed by atoms with E-state index in [2.05, 4.69) is 35.8 Å². The Morgan fingerprint density at radius 1 is 1.53 bits per heavy atom. The topological polar surface area (TPSA) is 41.1 Å². The number of carbonyl (C=O) groups excluding carboxylic acids is 1. The van der Waals surface area contributed by atoms with E-state index in [0.29, 0.717) is 0 Å². The van der Waals surface area contributed by atoms with Gasteiger partial charge in [-0.15, -0.1) is 0 Å². The van der Waals surface area contributed by atoms with E-state index in [9.17, 15) is 4.79 Å². The molecule has 1 aliphatic rings. The summed E-state index contributed by atoms with van der Waals surface area (Å²) in [5.74, 6) is 0.311. The van der Waals surface area contributed by atoms with Crippen LogP contribution in [0.2, 0.25) is 0 Å². The van der Waals surface area contributed by atoms with Gasteiger partial charge in [0.1, 0.15) is 0 Å². The van der Waals surface area contributed by atoms with Crippen LogP contribution in [0, 0.1) is 12.8 Å². The zero-order valence-corrected chi connectivity index (χ0v) is 10.5. The largest absolute Gasteiger partial charge is 0.349 e. The number of benzene rings is 1. The van der Waals surface area contributed by atoms with Gasteiger partial charge in [-0.05, 0) is 32.4 Å². The summed E-state index contributed by atoms with van der Waals surface area (Å²) in [6.07, 6.45) is 0.951. The molecular formula is C14H20N2O. The Morgan fingerprint density at radius 2 is 2.35 bits per heavy atom. The molecule has 2 N–H and O–H groups in total. The maximum Gasteiger partial charge on any atom is 0.224 e. The van der Waals surface area contributed by atoms with E-state index in [-0.39, 0.29) is 17.9 Å². The molecule has 0 saturated carbocycles. The van der Waals surface area contributed by atoms with E-state index >= 15 is 0 Å². The van der Waals surface area contributed by atoms with E-state index in [4.69, 9.17) is 0 Å². The van der Waals surface area contributed by atoms with Crippen molar-refractivity contribution in [2.24, 2.45) is 5.92 Å². The summed E-state index contributed by atoms with van der Waals surface area (Å²) in [4.78, 5) is 12.0. The minimum Gasteiger partial charge on any atom is -0.349 e. The summed E-state index contributed by atoms with van der Waals surface area (Å²) in [7, 11) is 0. The average molecular weight is 232 g/mol. The molecule has 1 aromatic rings. The van der Waals surface area contributed by atoms with E-state index in [0.717, 1.165) is 19.5 Å². The van der Waals surface area contributed by atoms with Gasteiger partial charge in [0.25, 0.3) is 0 Å². The Hall–Kier alpha value is -1.35. The summed E-state index contributed by atoms with van der Waals surface area (Å²) in [6.45, 7) is 5.87. The lowest BCUT2D eigenvalue weighted by Crippen LogP contribution is -2.33. The van der Waals surface area contributed by atoms with Gasteiger partial charge in [-0.1, -0.05) is 29.8 Å². The molecular weight excluding hydrogens is 212 g/mol. The normalized spacial score (nSPS) is 21.2. The Kier molecular flexibility index (Phi) is 3.79. The van der Waals surface area contributed by atoms with Crippen LogP contribution < -0.4 is 10.6 Å². The molecule has 17 heavy (non-hydrogen) atoms. The molecule has 1 fully saturated rings. The van der Waals surface area contributed by atoms with Gasteiger partial charge in [0.15, 0.2) is 0 Å². The third kappa shape index (κ3) is 3.07. The van der Waals surface area contributed by atoms with Crippen molar-refractivity contribution < 1.29 is 4.79 Å².